The number of aromatic nitrogens is 2. The van der Waals surface area contributed by atoms with Gasteiger partial charge in [-0.3, -0.25) is 9.40 Å². The molecular weight excluding hydrogens is 266 g/mol. The molecule has 2 aromatic rings. The van der Waals surface area contributed by atoms with Crippen LogP contribution in [0.2, 0.25) is 0 Å². The van der Waals surface area contributed by atoms with Crippen molar-refractivity contribution >= 4 is 15.7 Å². The van der Waals surface area contributed by atoms with Crippen LogP contribution >= 0.6 is 0 Å². The number of nitrogens with zero attached hydrogens (tertiary/aromatic N) is 2. The SMILES string of the molecule is COc1ccc(N2C(C)c3cn[nH]c3S2(=O)=O)cc1. The molecule has 1 unspecified atom stereocenters. The molecule has 19 heavy (non-hydrogen) atoms. The van der Waals surface area contributed by atoms with E-state index in [2.05, 4.69) is 10.2 Å². The van der Waals surface area contributed by atoms with Gasteiger partial charge in [0.05, 0.1) is 25.0 Å². The van der Waals surface area contributed by atoms with Crippen molar-refractivity contribution in [3.63, 3.8) is 0 Å². The van der Waals surface area contributed by atoms with Crippen molar-refractivity contribution < 1.29 is 13.2 Å². The molecule has 6 nitrogen and oxygen atoms in total. The number of hydrogen-bond acceptors (Lipinski definition) is 4. The Morgan fingerprint density at radius 1 is 1.32 bits per heavy atom. The van der Waals surface area contributed by atoms with Crippen LogP contribution in [0.25, 0.3) is 0 Å². The number of benzene rings is 1. The molecule has 1 aromatic carbocycles. The van der Waals surface area contributed by atoms with E-state index in [9.17, 15) is 8.42 Å². The first-order valence-corrected chi connectivity index (χ1v) is 7.21. The maximum absolute atomic E-state index is 12.4. The van der Waals surface area contributed by atoms with Gasteiger partial charge >= 0.3 is 0 Å². The van der Waals surface area contributed by atoms with E-state index in [1.54, 1.807) is 37.6 Å². The van der Waals surface area contributed by atoms with E-state index in [-0.39, 0.29) is 11.1 Å². The van der Waals surface area contributed by atoms with Crippen LogP contribution in [-0.4, -0.2) is 25.7 Å². The summed E-state index contributed by atoms with van der Waals surface area (Å²) in [7, 11) is -1.98. The second-order valence-corrected chi connectivity index (χ2v) is 6.08. The van der Waals surface area contributed by atoms with Crippen molar-refractivity contribution in [3.8, 4) is 5.75 Å². The van der Waals surface area contributed by atoms with E-state index in [0.717, 1.165) is 0 Å². The highest BCUT2D eigenvalue weighted by molar-refractivity contribution is 7.93. The number of anilines is 1. The molecule has 100 valence electrons. The molecule has 0 bridgehead atoms. The molecule has 7 heteroatoms. The second-order valence-electron chi connectivity index (χ2n) is 4.33. The highest BCUT2D eigenvalue weighted by atomic mass is 32.2. The van der Waals surface area contributed by atoms with Crippen LogP contribution < -0.4 is 9.04 Å². The Morgan fingerprint density at radius 2 is 2.00 bits per heavy atom. The third-order valence-corrected chi connectivity index (χ3v) is 5.17. The van der Waals surface area contributed by atoms with Crippen LogP contribution in [-0.2, 0) is 10.0 Å². The third kappa shape index (κ3) is 1.61. The number of fused-ring (bicyclic) bond motifs is 1. The lowest BCUT2D eigenvalue weighted by molar-refractivity contribution is 0.415. The van der Waals surface area contributed by atoms with Gasteiger partial charge in [0.15, 0.2) is 5.03 Å². The van der Waals surface area contributed by atoms with Crippen molar-refractivity contribution in [3.05, 3.63) is 36.0 Å². The van der Waals surface area contributed by atoms with Crippen LogP contribution in [0.3, 0.4) is 0 Å². The fraction of sp³-hybridized carbons (Fsp3) is 0.250. The van der Waals surface area contributed by atoms with Gasteiger partial charge in [0.1, 0.15) is 5.75 Å². The van der Waals surface area contributed by atoms with E-state index >= 15 is 0 Å². The van der Waals surface area contributed by atoms with E-state index < -0.39 is 10.0 Å². The van der Waals surface area contributed by atoms with Gasteiger partial charge in [-0.25, -0.2) is 0 Å². The highest BCUT2D eigenvalue weighted by Crippen LogP contribution is 2.41. The average molecular weight is 279 g/mol. The molecule has 3 rings (SSSR count). The molecule has 0 aliphatic carbocycles. The van der Waals surface area contributed by atoms with Crippen LogP contribution in [0.4, 0.5) is 5.69 Å². The predicted molar refractivity (Wildman–Crippen MR) is 69.7 cm³/mol. The number of aromatic amines is 1. The second kappa shape index (κ2) is 3.99. The number of hydrogen-bond donors (Lipinski definition) is 1. The quantitative estimate of drug-likeness (QED) is 0.907. The van der Waals surface area contributed by atoms with E-state index in [1.807, 2.05) is 6.92 Å². The third-order valence-electron chi connectivity index (χ3n) is 3.28. The maximum Gasteiger partial charge on any atom is 0.282 e. The molecule has 0 saturated heterocycles. The smallest absolute Gasteiger partial charge is 0.282 e. The van der Waals surface area contributed by atoms with Gasteiger partial charge < -0.3 is 4.74 Å². The molecular formula is C12H13N3O3S. The van der Waals surface area contributed by atoms with Crippen LogP contribution in [0, 0.1) is 0 Å². The molecule has 0 radical (unpaired) electrons. The Kier molecular flexibility index (Phi) is 2.53. The summed E-state index contributed by atoms with van der Waals surface area (Å²) in [6, 6.07) is 6.66. The molecule has 1 aliphatic rings. The Balaban J connectivity index is 2.09. The molecule has 1 aliphatic heterocycles. The maximum atomic E-state index is 12.4. The number of sulfonamides is 1. The minimum absolute atomic E-state index is 0.177. The Morgan fingerprint density at radius 3 is 2.58 bits per heavy atom. The van der Waals surface area contributed by atoms with Gasteiger partial charge in [0, 0.05) is 5.56 Å². The summed E-state index contributed by atoms with van der Waals surface area (Å²) in [6.45, 7) is 1.84. The van der Waals surface area contributed by atoms with Gasteiger partial charge in [-0.15, -0.1) is 0 Å². The standard InChI is InChI=1S/C12H13N3O3S/c1-8-11-7-13-14-12(11)19(16,17)15(8)9-3-5-10(18-2)6-4-9/h3-8H,1-2H3,(H,13,14). The molecule has 0 spiro atoms. The zero-order valence-electron chi connectivity index (χ0n) is 10.5. The summed E-state index contributed by atoms with van der Waals surface area (Å²) in [4.78, 5) is 0. The summed E-state index contributed by atoms with van der Waals surface area (Å²) < 4.78 is 31.3. The Bertz CT molecular complexity index is 706. The molecule has 2 heterocycles. The lowest BCUT2D eigenvalue weighted by Gasteiger charge is -2.22. The van der Waals surface area contributed by atoms with E-state index in [0.29, 0.717) is 17.0 Å². The first-order valence-electron chi connectivity index (χ1n) is 5.77. The van der Waals surface area contributed by atoms with Crippen LogP contribution in [0.1, 0.15) is 18.5 Å². The molecule has 0 amide bonds. The summed E-state index contributed by atoms with van der Waals surface area (Å²) in [5.74, 6) is 0.688. The Hall–Kier alpha value is -2.02. The minimum atomic E-state index is -3.55. The van der Waals surface area contributed by atoms with Gasteiger partial charge in [-0.1, -0.05) is 0 Å². The lowest BCUT2D eigenvalue weighted by atomic mass is 10.2. The predicted octanol–water partition coefficient (Wildman–Crippen LogP) is 1.69. The lowest BCUT2D eigenvalue weighted by Crippen LogP contribution is -2.27. The fourth-order valence-electron chi connectivity index (χ4n) is 2.31. The zero-order chi connectivity index (χ0) is 13.6. The van der Waals surface area contributed by atoms with Crippen molar-refractivity contribution in [2.75, 3.05) is 11.4 Å². The topological polar surface area (TPSA) is 75.3 Å². The highest BCUT2D eigenvalue weighted by Gasteiger charge is 2.42. The Labute approximate surface area is 111 Å². The molecule has 1 atom stereocenters. The average Bonchev–Trinajstić information content (AvgIpc) is 2.95. The number of methoxy groups -OCH3 is 1. The van der Waals surface area contributed by atoms with Crippen LogP contribution in [0.5, 0.6) is 5.75 Å². The van der Waals surface area contributed by atoms with E-state index in [1.165, 1.54) is 4.31 Å². The fourth-order valence-corrected chi connectivity index (χ4v) is 4.13. The summed E-state index contributed by atoms with van der Waals surface area (Å²) >= 11 is 0. The largest absolute Gasteiger partial charge is 0.497 e. The minimum Gasteiger partial charge on any atom is -0.497 e. The van der Waals surface area contributed by atoms with E-state index in [4.69, 9.17) is 4.74 Å². The van der Waals surface area contributed by atoms with Crippen molar-refractivity contribution in [1.29, 1.82) is 0 Å². The number of ether oxygens (including phenoxy) is 1. The first-order chi connectivity index (χ1) is 9.05. The van der Waals surface area contributed by atoms with Crippen molar-refractivity contribution in [2.24, 2.45) is 0 Å². The molecule has 0 saturated carbocycles. The first kappa shape index (κ1) is 12.0. The normalized spacial score (nSPS) is 20.3. The summed E-state index contributed by atoms with van der Waals surface area (Å²) in [6.07, 6.45) is 1.56. The molecule has 1 N–H and O–H groups in total. The van der Waals surface area contributed by atoms with Crippen molar-refractivity contribution in [1.82, 2.24) is 10.2 Å². The van der Waals surface area contributed by atoms with Crippen molar-refractivity contribution in [2.45, 2.75) is 18.0 Å². The summed E-state index contributed by atoms with van der Waals surface area (Å²) in [5, 5.41) is 6.53. The van der Waals surface area contributed by atoms with Gasteiger partial charge in [-0.05, 0) is 31.2 Å². The number of nitrogens with one attached hydrogen (secondary N) is 1. The van der Waals surface area contributed by atoms with Gasteiger partial charge in [0.25, 0.3) is 10.0 Å². The van der Waals surface area contributed by atoms with Crippen LogP contribution in [0.15, 0.2) is 35.5 Å². The monoisotopic (exact) mass is 279 g/mol. The summed E-state index contributed by atoms with van der Waals surface area (Å²) in [5.41, 5.74) is 1.30. The van der Waals surface area contributed by atoms with Gasteiger partial charge in [-0.2, -0.15) is 13.5 Å². The zero-order valence-corrected chi connectivity index (χ0v) is 11.3. The molecule has 1 aromatic heterocycles. The number of rotatable bonds is 2. The van der Waals surface area contributed by atoms with Gasteiger partial charge in [0.2, 0.25) is 0 Å². The number of H-pyrrole nitrogens is 1. The molecule has 0 fully saturated rings.